The van der Waals surface area contributed by atoms with Gasteiger partial charge in [0.15, 0.2) is 0 Å². The summed E-state index contributed by atoms with van der Waals surface area (Å²) in [6.07, 6.45) is 6.97. The number of hydrogen-bond acceptors (Lipinski definition) is 5. The fourth-order valence-corrected chi connectivity index (χ4v) is 3.22. The van der Waals surface area contributed by atoms with Gasteiger partial charge in [0.05, 0.1) is 12.3 Å². The Bertz CT molecular complexity index is 523. The normalized spacial score (nSPS) is 19.1. The van der Waals surface area contributed by atoms with E-state index in [0.29, 0.717) is 6.04 Å². The molecule has 1 fully saturated rings. The molecule has 0 radical (unpaired) electrons. The number of ether oxygens (including phenoxy) is 1. The molecular formula is C15H19N3OS. The number of nitrogens with zero attached hydrogens (tertiary/aromatic N) is 2. The number of thiazole rings is 1. The molecule has 3 heterocycles. The number of hydrogen-bond donors (Lipinski definition) is 1. The predicted molar refractivity (Wildman–Crippen MR) is 80.9 cm³/mol. The van der Waals surface area contributed by atoms with E-state index in [1.807, 2.05) is 12.1 Å². The number of nitrogens with one attached hydrogen (secondary N) is 1. The minimum atomic E-state index is 0.516. The monoisotopic (exact) mass is 289 g/mol. The summed E-state index contributed by atoms with van der Waals surface area (Å²) in [6.45, 7) is 2.73. The van der Waals surface area contributed by atoms with E-state index in [9.17, 15) is 0 Å². The Morgan fingerprint density at radius 2 is 2.25 bits per heavy atom. The van der Waals surface area contributed by atoms with Crippen LogP contribution in [0, 0.1) is 0 Å². The Hall–Kier alpha value is -1.30. The van der Waals surface area contributed by atoms with Crippen molar-refractivity contribution in [3.8, 4) is 10.6 Å². The third-order valence-corrected chi connectivity index (χ3v) is 4.39. The second-order valence-corrected chi connectivity index (χ2v) is 5.86. The first-order valence-electron chi connectivity index (χ1n) is 7.08. The number of pyridine rings is 1. The summed E-state index contributed by atoms with van der Waals surface area (Å²) in [5, 5.41) is 6.77. The Kier molecular flexibility index (Phi) is 4.73. The van der Waals surface area contributed by atoms with Gasteiger partial charge in [0.1, 0.15) is 5.01 Å². The van der Waals surface area contributed by atoms with Gasteiger partial charge in [0.25, 0.3) is 0 Å². The van der Waals surface area contributed by atoms with Crippen LogP contribution in [0.25, 0.3) is 10.6 Å². The molecule has 1 saturated heterocycles. The lowest BCUT2D eigenvalue weighted by Gasteiger charge is -2.22. The highest BCUT2D eigenvalue weighted by Gasteiger charge is 2.12. The summed E-state index contributed by atoms with van der Waals surface area (Å²) in [5.74, 6) is 0. The average molecular weight is 289 g/mol. The minimum Gasteiger partial charge on any atom is -0.380 e. The van der Waals surface area contributed by atoms with Gasteiger partial charge in [-0.05, 0) is 25.0 Å². The van der Waals surface area contributed by atoms with Gasteiger partial charge in [-0.1, -0.05) is 0 Å². The first-order valence-corrected chi connectivity index (χ1v) is 7.96. The molecule has 1 N–H and O–H groups in total. The fraction of sp³-hybridized carbons (Fsp3) is 0.467. The van der Waals surface area contributed by atoms with E-state index in [0.717, 1.165) is 42.4 Å². The highest BCUT2D eigenvalue weighted by molar-refractivity contribution is 7.13. The van der Waals surface area contributed by atoms with Crippen LogP contribution in [0.4, 0.5) is 0 Å². The molecule has 0 saturated carbocycles. The SMILES string of the molecule is c1cc(-c2nc(CCN[C@@H]3CCCOC3)cs2)ccn1. The van der Waals surface area contributed by atoms with Crippen LogP contribution in [0.1, 0.15) is 18.5 Å². The molecule has 106 valence electrons. The molecule has 1 aliphatic rings. The van der Waals surface area contributed by atoms with Crippen molar-refractivity contribution in [1.29, 1.82) is 0 Å². The highest BCUT2D eigenvalue weighted by atomic mass is 32.1. The molecule has 0 bridgehead atoms. The molecule has 0 amide bonds. The molecule has 2 aromatic heterocycles. The lowest BCUT2D eigenvalue weighted by molar-refractivity contribution is 0.0707. The van der Waals surface area contributed by atoms with E-state index in [4.69, 9.17) is 4.74 Å². The molecule has 1 atom stereocenters. The molecule has 5 heteroatoms. The molecular weight excluding hydrogens is 270 g/mol. The quantitative estimate of drug-likeness (QED) is 0.919. The Balaban J connectivity index is 1.50. The minimum absolute atomic E-state index is 0.516. The van der Waals surface area contributed by atoms with Crippen LogP contribution in [-0.2, 0) is 11.2 Å². The van der Waals surface area contributed by atoms with Crippen molar-refractivity contribution in [1.82, 2.24) is 15.3 Å². The second kappa shape index (κ2) is 6.92. The van der Waals surface area contributed by atoms with Gasteiger partial charge in [-0.2, -0.15) is 0 Å². The third kappa shape index (κ3) is 3.62. The molecule has 20 heavy (non-hydrogen) atoms. The summed E-state index contributed by atoms with van der Waals surface area (Å²) < 4.78 is 5.46. The number of rotatable bonds is 5. The number of aromatic nitrogens is 2. The van der Waals surface area contributed by atoms with Gasteiger partial charge in [-0.25, -0.2) is 4.98 Å². The van der Waals surface area contributed by atoms with Crippen molar-refractivity contribution in [2.75, 3.05) is 19.8 Å². The first kappa shape index (κ1) is 13.7. The summed E-state index contributed by atoms with van der Waals surface area (Å²) >= 11 is 1.70. The maximum absolute atomic E-state index is 5.46. The van der Waals surface area contributed by atoms with Gasteiger partial charge in [-0.15, -0.1) is 11.3 Å². The molecule has 0 spiro atoms. The van der Waals surface area contributed by atoms with E-state index in [1.165, 1.54) is 12.8 Å². The maximum Gasteiger partial charge on any atom is 0.123 e. The van der Waals surface area contributed by atoms with Crippen molar-refractivity contribution in [3.05, 3.63) is 35.6 Å². The van der Waals surface area contributed by atoms with E-state index in [2.05, 4.69) is 20.7 Å². The predicted octanol–water partition coefficient (Wildman–Crippen LogP) is 2.52. The summed E-state index contributed by atoms with van der Waals surface area (Å²) in [4.78, 5) is 8.72. The smallest absolute Gasteiger partial charge is 0.123 e. The zero-order valence-corrected chi connectivity index (χ0v) is 12.2. The van der Waals surface area contributed by atoms with Crippen LogP contribution in [-0.4, -0.2) is 35.8 Å². The summed E-state index contributed by atoms with van der Waals surface area (Å²) in [5.41, 5.74) is 2.30. The molecule has 0 aromatic carbocycles. The fourth-order valence-electron chi connectivity index (χ4n) is 2.35. The van der Waals surface area contributed by atoms with Crippen molar-refractivity contribution in [3.63, 3.8) is 0 Å². The topological polar surface area (TPSA) is 47.0 Å². The van der Waals surface area contributed by atoms with E-state index >= 15 is 0 Å². The van der Waals surface area contributed by atoms with Crippen LogP contribution < -0.4 is 5.32 Å². The standard InChI is InChI=1S/C15H19N3OS/c1-2-13(10-19-9-1)17-8-5-14-11-20-15(18-14)12-3-6-16-7-4-12/h3-4,6-7,11,13,17H,1-2,5,8-10H2/t13-/m1/s1. The van der Waals surface area contributed by atoms with Gasteiger partial charge in [0.2, 0.25) is 0 Å². The van der Waals surface area contributed by atoms with Gasteiger partial charge in [-0.3, -0.25) is 4.98 Å². The average Bonchev–Trinajstić information content (AvgIpc) is 2.98. The summed E-state index contributed by atoms with van der Waals surface area (Å²) in [6, 6.07) is 4.52. The Labute approximate surface area is 123 Å². The van der Waals surface area contributed by atoms with Gasteiger partial charge < -0.3 is 10.1 Å². The van der Waals surface area contributed by atoms with E-state index in [1.54, 1.807) is 23.7 Å². The zero-order chi connectivity index (χ0) is 13.6. The van der Waals surface area contributed by atoms with E-state index in [-0.39, 0.29) is 0 Å². The van der Waals surface area contributed by atoms with Crippen LogP contribution in [0.15, 0.2) is 29.9 Å². The second-order valence-electron chi connectivity index (χ2n) is 5.00. The van der Waals surface area contributed by atoms with Crippen LogP contribution >= 0.6 is 11.3 Å². The molecule has 0 unspecified atom stereocenters. The zero-order valence-electron chi connectivity index (χ0n) is 11.4. The Morgan fingerprint density at radius 1 is 1.35 bits per heavy atom. The molecule has 3 rings (SSSR count). The van der Waals surface area contributed by atoms with Crippen molar-refractivity contribution in [2.45, 2.75) is 25.3 Å². The first-order chi connectivity index (χ1) is 9.92. The van der Waals surface area contributed by atoms with Crippen LogP contribution in [0.2, 0.25) is 0 Å². The molecule has 2 aromatic rings. The molecule has 0 aliphatic carbocycles. The molecule has 4 nitrogen and oxygen atoms in total. The van der Waals surface area contributed by atoms with Crippen LogP contribution in [0.5, 0.6) is 0 Å². The lowest BCUT2D eigenvalue weighted by atomic mass is 10.1. The van der Waals surface area contributed by atoms with E-state index < -0.39 is 0 Å². The van der Waals surface area contributed by atoms with Gasteiger partial charge >= 0.3 is 0 Å². The van der Waals surface area contributed by atoms with Crippen molar-refractivity contribution < 1.29 is 4.74 Å². The third-order valence-electron chi connectivity index (χ3n) is 3.45. The van der Waals surface area contributed by atoms with Gasteiger partial charge in [0, 0.05) is 49.0 Å². The molecule has 1 aliphatic heterocycles. The largest absolute Gasteiger partial charge is 0.380 e. The Morgan fingerprint density at radius 3 is 3.05 bits per heavy atom. The van der Waals surface area contributed by atoms with Crippen LogP contribution in [0.3, 0.4) is 0 Å². The summed E-state index contributed by atoms with van der Waals surface area (Å²) in [7, 11) is 0. The lowest BCUT2D eigenvalue weighted by Crippen LogP contribution is -2.37. The highest BCUT2D eigenvalue weighted by Crippen LogP contribution is 2.22. The van der Waals surface area contributed by atoms with Crippen molar-refractivity contribution in [2.24, 2.45) is 0 Å². The maximum atomic E-state index is 5.46. The van der Waals surface area contributed by atoms with Crippen molar-refractivity contribution >= 4 is 11.3 Å².